The van der Waals surface area contributed by atoms with Crippen LogP contribution in [0.1, 0.15) is 47.9 Å². The fraction of sp³-hybridized carbons (Fsp3) is 0.550. The third kappa shape index (κ3) is 5.08. The molecule has 1 aliphatic rings. The van der Waals surface area contributed by atoms with E-state index in [-0.39, 0.29) is 17.1 Å². The van der Waals surface area contributed by atoms with E-state index in [2.05, 4.69) is 20.4 Å². The molecule has 3 heterocycles. The number of likely N-dealkylation sites (tertiary alicyclic amines) is 1. The maximum absolute atomic E-state index is 12.7. The highest BCUT2D eigenvalue weighted by Gasteiger charge is 2.27. The van der Waals surface area contributed by atoms with E-state index < -0.39 is 6.04 Å². The van der Waals surface area contributed by atoms with Gasteiger partial charge < -0.3 is 16.0 Å². The minimum Gasteiger partial charge on any atom is -0.383 e. The first-order valence-corrected chi connectivity index (χ1v) is 10.5. The molecule has 0 radical (unpaired) electrons. The molecule has 10 heteroatoms. The number of nitrogens with one attached hydrogen (secondary N) is 1. The van der Waals surface area contributed by atoms with Gasteiger partial charge >= 0.3 is 0 Å². The molecular formula is C20H28ClN7O2. The summed E-state index contributed by atoms with van der Waals surface area (Å²) in [7, 11) is 1.69. The van der Waals surface area contributed by atoms with Crippen molar-refractivity contribution in [1.82, 2.24) is 30.0 Å². The Labute approximate surface area is 181 Å². The predicted molar refractivity (Wildman–Crippen MR) is 114 cm³/mol. The van der Waals surface area contributed by atoms with Crippen molar-refractivity contribution in [2.24, 2.45) is 13.0 Å². The van der Waals surface area contributed by atoms with Gasteiger partial charge in [0.05, 0.1) is 0 Å². The second-order valence-electron chi connectivity index (χ2n) is 7.78. The number of halogens is 1. The predicted octanol–water partition coefficient (Wildman–Crippen LogP) is 1.74. The average molecular weight is 434 g/mol. The van der Waals surface area contributed by atoms with Crippen LogP contribution in [0.3, 0.4) is 0 Å². The third-order valence-corrected chi connectivity index (χ3v) is 5.89. The van der Waals surface area contributed by atoms with Gasteiger partial charge in [-0.3, -0.25) is 14.3 Å². The first-order valence-electron chi connectivity index (χ1n) is 10.1. The number of hydrogen-bond donors (Lipinski definition) is 2. The van der Waals surface area contributed by atoms with Crippen molar-refractivity contribution in [3.05, 3.63) is 34.5 Å². The number of hydrogen-bond acceptors (Lipinski definition) is 6. The van der Waals surface area contributed by atoms with E-state index >= 15 is 0 Å². The van der Waals surface area contributed by atoms with Gasteiger partial charge in [0.15, 0.2) is 0 Å². The lowest BCUT2D eigenvalue weighted by molar-refractivity contribution is -0.134. The van der Waals surface area contributed by atoms with Gasteiger partial charge in [0.2, 0.25) is 11.2 Å². The van der Waals surface area contributed by atoms with Crippen molar-refractivity contribution in [3.63, 3.8) is 0 Å². The number of aryl methyl sites for hydroxylation is 2. The first-order chi connectivity index (χ1) is 14.3. The topological polar surface area (TPSA) is 119 Å². The van der Waals surface area contributed by atoms with Crippen LogP contribution in [0.2, 0.25) is 5.28 Å². The summed E-state index contributed by atoms with van der Waals surface area (Å²) in [6, 6.07) is 1.04. The van der Waals surface area contributed by atoms with Crippen molar-refractivity contribution in [3.8, 4) is 0 Å². The first kappa shape index (κ1) is 22.0. The van der Waals surface area contributed by atoms with E-state index in [9.17, 15) is 9.59 Å². The molecule has 0 unspecified atom stereocenters. The maximum Gasteiger partial charge on any atom is 0.270 e. The molecule has 0 saturated carbocycles. The summed E-state index contributed by atoms with van der Waals surface area (Å²) in [6.07, 6.45) is 5.15. The lowest BCUT2D eigenvalue weighted by Crippen LogP contribution is -2.49. The van der Waals surface area contributed by atoms with E-state index in [1.807, 2.05) is 11.8 Å². The van der Waals surface area contributed by atoms with Gasteiger partial charge in [0.25, 0.3) is 5.91 Å². The van der Waals surface area contributed by atoms with E-state index in [0.717, 1.165) is 36.9 Å². The molecule has 2 amide bonds. The van der Waals surface area contributed by atoms with Crippen LogP contribution in [0.5, 0.6) is 0 Å². The Morgan fingerprint density at radius 3 is 2.63 bits per heavy atom. The molecule has 1 atom stereocenters. The van der Waals surface area contributed by atoms with E-state index in [1.54, 1.807) is 26.2 Å². The molecule has 1 saturated heterocycles. The summed E-state index contributed by atoms with van der Waals surface area (Å²) >= 11 is 5.84. The molecule has 30 heavy (non-hydrogen) atoms. The fourth-order valence-electron chi connectivity index (χ4n) is 3.89. The number of nitrogens with zero attached hydrogens (tertiary/aromatic N) is 5. The Morgan fingerprint density at radius 1 is 1.33 bits per heavy atom. The van der Waals surface area contributed by atoms with Crippen molar-refractivity contribution >= 4 is 29.2 Å². The summed E-state index contributed by atoms with van der Waals surface area (Å²) in [4.78, 5) is 35.1. The number of rotatable bonds is 6. The molecule has 3 N–H and O–H groups in total. The molecule has 0 bridgehead atoms. The molecule has 0 spiro atoms. The zero-order valence-corrected chi connectivity index (χ0v) is 18.3. The van der Waals surface area contributed by atoms with Crippen LogP contribution in [0.4, 0.5) is 5.82 Å². The zero-order chi connectivity index (χ0) is 21.8. The fourth-order valence-corrected chi connectivity index (χ4v) is 4.10. The van der Waals surface area contributed by atoms with Crippen LogP contribution in [0, 0.1) is 12.8 Å². The zero-order valence-electron chi connectivity index (χ0n) is 17.6. The molecule has 2 aromatic rings. The van der Waals surface area contributed by atoms with Gasteiger partial charge in [-0.2, -0.15) is 5.10 Å². The van der Waals surface area contributed by atoms with Gasteiger partial charge in [0.1, 0.15) is 17.6 Å². The molecule has 0 aromatic carbocycles. The van der Waals surface area contributed by atoms with E-state index in [4.69, 9.17) is 17.3 Å². The third-order valence-electron chi connectivity index (χ3n) is 5.72. The summed E-state index contributed by atoms with van der Waals surface area (Å²) in [5.74, 6) is 0.583. The lowest BCUT2D eigenvalue weighted by atomic mass is 9.90. The second-order valence-corrected chi connectivity index (χ2v) is 8.12. The number of aromatic nitrogens is 4. The second kappa shape index (κ2) is 9.42. The molecule has 1 fully saturated rings. The normalized spacial score (nSPS) is 15.8. The SMILES string of the molecule is Cc1nc(Cl)nc(N)c1CCC1CCN(C(=O)[C@H](C)NC(=O)c2ccnn2C)CC1. The highest BCUT2D eigenvalue weighted by atomic mass is 35.5. The van der Waals surface area contributed by atoms with Crippen LogP contribution in [0.25, 0.3) is 0 Å². The minimum atomic E-state index is -0.586. The van der Waals surface area contributed by atoms with Crippen molar-refractivity contribution < 1.29 is 9.59 Å². The highest BCUT2D eigenvalue weighted by Crippen LogP contribution is 2.25. The Hall–Kier alpha value is -2.68. The smallest absolute Gasteiger partial charge is 0.270 e. The number of nitrogens with two attached hydrogens (primary N) is 1. The van der Waals surface area contributed by atoms with Gasteiger partial charge in [-0.1, -0.05) is 0 Å². The van der Waals surface area contributed by atoms with Gasteiger partial charge in [0, 0.05) is 37.6 Å². The standard InChI is InChI=1S/C20H28ClN7O2/c1-12-15(17(22)26-20(21)25-12)5-4-14-7-10-28(11-8-14)19(30)13(2)24-18(29)16-6-9-23-27(16)3/h6,9,13-14H,4-5,7-8,10-11H2,1-3H3,(H,24,29)(H2,22,25,26)/t13-/m0/s1. The van der Waals surface area contributed by atoms with Crippen molar-refractivity contribution in [2.75, 3.05) is 18.8 Å². The molecular weight excluding hydrogens is 406 g/mol. The summed E-state index contributed by atoms with van der Waals surface area (Å²) in [6.45, 7) is 4.97. The molecule has 9 nitrogen and oxygen atoms in total. The number of carbonyl (C=O) groups is 2. The molecule has 0 aliphatic carbocycles. The number of nitrogen functional groups attached to an aromatic ring is 1. The van der Waals surface area contributed by atoms with Gasteiger partial charge in [-0.25, -0.2) is 9.97 Å². The summed E-state index contributed by atoms with van der Waals surface area (Å²) in [5.41, 5.74) is 8.18. The number of anilines is 1. The van der Waals surface area contributed by atoms with Crippen molar-refractivity contribution in [1.29, 1.82) is 0 Å². The average Bonchev–Trinajstić information content (AvgIpc) is 3.13. The highest BCUT2D eigenvalue weighted by molar-refractivity contribution is 6.28. The largest absolute Gasteiger partial charge is 0.383 e. The molecule has 3 rings (SSSR count). The quantitative estimate of drug-likeness (QED) is 0.669. The van der Waals surface area contributed by atoms with Crippen LogP contribution in [-0.4, -0.2) is 55.6 Å². The van der Waals surface area contributed by atoms with E-state index in [1.165, 1.54) is 4.68 Å². The lowest BCUT2D eigenvalue weighted by Gasteiger charge is -2.33. The summed E-state index contributed by atoms with van der Waals surface area (Å²) < 4.78 is 1.48. The molecule has 1 aliphatic heterocycles. The van der Waals surface area contributed by atoms with Gasteiger partial charge in [-0.05, 0) is 63.1 Å². The van der Waals surface area contributed by atoms with Crippen LogP contribution in [0.15, 0.2) is 12.3 Å². The maximum atomic E-state index is 12.7. The van der Waals surface area contributed by atoms with Crippen LogP contribution in [-0.2, 0) is 18.3 Å². The Kier molecular flexibility index (Phi) is 6.91. The monoisotopic (exact) mass is 433 g/mol. The van der Waals surface area contributed by atoms with Crippen molar-refractivity contribution in [2.45, 2.75) is 45.6 Å². The number of carbonyl (C=O) groups excluding carboxylic acids is 2. The van der Waals surface area contributed by atoms with Crippen LogP contribution >= 0.6 is 11.6 Å². The van der Waals surface area contributed by atoms with Gasteiger partial charge in [-0.15, -0.1) is 0 Å². The summed E-state index contributed by atoms with van der Waals surface area (Å²) in [5, 5.41) is 6.92. The Bertz CT molecular complexity index is 899. The Morgan fingerprint density at radius 2 is 2.03 bits per heavy atom. The van der Waals surface area contributed by atoms with E-state index in [0.29, 0.717) is 30.5 Å². The number of piperidine rings is 1. The molecule has 162 valence electrons. The number of amides is 2. The molecule has 2 aromatic heterocycles. The van der Waals surface area contributed by atoms with Crippen LogP contribution < -0.4 is 11.1 Å². The Balaban J connectivity index is 1.47. The minimum absolute atomic E-state index is 0.0600.